The first-order valence-electron chi connectivity index (χ1n) is 9.18. The first-order valence-corrected chi connectivity index (χ1v) is 10.2. The Morgan fingerprint density at radius 3 is 2.63 bits per heavy atom. The number of hydrogen-bond acceptors (Lipinski definition) is 5. The monoisotopic (exact) mass is 424 g/mol. The summed E-state index contributed by atoms with van der Waals surface area (Å²) in [5, 5.41) is 21.2. The summed E-state index contributed by atoms with van der Waals surface area (Å²) in [7, 11) is 0. The summed E-state index contributed by atoms with van der Waals surface area (Å²) in [4.78, 5) is 12.7. The van der Waals surface area contributed by atoms with Gasteiger partial charge in [0, 0.05) is 17.9 Å². The smallest absolute Gasteiger partial charge is 0.236 e. The molecule has 0 fully saturated rings. The molecule has 0 radical (unpaired) electrons. The van der Waals surface area contributed by atoms with Crippen molar-refractivity contribution in [2.45, 2.75) is 32.5 Å². The molecule has 0 saturated heterocycles. The van der Waals surface area contributed by atoms with E-state index in [1.54, 1.807) is 22.8 Å². The summed E-state index contributed by atoms with van der Waals surface area (Å²) in [6.45, 7) is 9.77. The van der Waals surface area contributed by atoms with Gasteiger partial charge in [-0.25, -0.2) is 4.39 Å². The zero-order valence-corrected chi connectivity index (χ0v) is 17.8. The Labute approximate surface area is 178 Å². The van der Waals surface area contributed by atoms with Crippen molar-refractivity contribution in [2.75, 3.05) is 11.1 Å². The molecule has 30 heavy (non-hydrogen) atoms. The fourth-order valence-electron chi connectivity index (χ4n) is 3.08. The van der Waals surface area contributed by atoms with Crippen LogP contribution < -0.4 is 5.32 Å². The number of aromatic nitrogens is 4. The minimum absolute atomic E-state index is 0.0901. The Morgan fingerprint density at radius 1 is 1.30 bits per heavy atom. The van der Waals surface area contributed by atoms with Gasteiger partial charge in [-0.15, -0.1) is 16.8 Å². The molecule has 0 bridgehead atoms. The number of rotatable bonds is 7. The van der Waals surface area contributed by atoms with Crippen molar-refractivity contribution in [3.63, 3.8) is 0 Å². The van der Waals surface area contributed by atoms with Gasteiger partial charge in [0.1, 0.15) is 23.5 Å². The van der Waals surface area contributed by atoms with Gasteiger partial charge in [-0.1, -0.05) is 17.8 Å². The van der Waals surface area contributed by atoms with E-state index in [1.807, 2.05) is 25.3 Å². The lowest BCUT2D eigenvalue weighted by atomic mass is 10.2. The van der Waals surface area contributed by atoms with Gasteiger partial charge in [-0.2, -0.15) is 5.26 Å². The lowest BCUT2D eigenvalue weighted by Crippen LogP contribution is -2.18. The van der Waals surface area contributed by atoms with Gasteiger partial charge in [0.2, 0.25) is 5.91 Å². The number of carbonyl (C=O) groups excluding carboxylic acids is 1. The van der Waals surface area contributed by atoms with Crippen LogP contribution >= 0.6 is 11.8 Å². The Balaban J connectivity index is 1.86. The first kappa shape index (κ1) is 21.3. The van der Waals surface area contributed by atoms with Crippen LogP contribution in [0.4, 0.5) is 10.2 Å². The van der Waals surface area contributed by atoms with Crippen LogP contribution in [0.25, 0.3) is 5.69 Å². The first-order chi connectivity index (χ1) is 14.4. The van der Waals surface area contributed by atoms with Crippen molar-refractivity contribution in [3.8, 4) is 11.8 Å². The fraction of sp³-hybridized carbons (Fsp3) is 0.238. The van der Waals surface area contributed by atoms with E-state index < -0.39 is 0 Å². The molecule has 154 valence electrons. The SMILES string of the molecule is C=CCn1c(C)nnc1SCC(=O)Nc1c(C#N)c(C)c(C)n1-c1ccc(F)cc1. The number of carbonyl (C=O) groups is 1. The number of nitrogens with one attached hydrogen (secondary N) is 1. The Kier molecular flexibility index (Phi) is 6.37. The molecule has 2 aromatic heterocycles. The highest BCUT2D eigenvalue weighted by atomic mass is 32.2. The molecule has 0 saturated carbocycles. The summed E-state index contributed by atoms with van der Waals surface area (Å²) >= 11 is 1.25. The Bertz CT molecular complexity index is 1140. The number of allylic oxidation sites excluding steroid dienone is 1. The lowest BCUT2D eigenvalue weighted by molar-refractivity contribution is -0.113. The maximum atomic E-state index is 13.4. The zero-order valence-electron chi connectivity index (χ0n) is 16.9. The second-order valence-electron chi connectivity index (χ2n) is 6.62. The van der Waals surface area contributed by atoms with Crippen molar-refractivity contribution in [3.05, 3.63) is 65.4 Å². The molecule has 1 aromatic carbocycles. The standard InChI is InChI=1S/C21H21FN6OS/c1-5-10-27-15(4)25-26-21(27)30-12-19(29)24-20-18(11-23)13(2)14(3)28(20)17-8-6-16(22)7-9-17/h5-9H,1,10,12H2,2-4H3,(H,24,29). The van der Waals surface area contributed by atoms with Crippen LogP contribution in [0.1, 0.15) is 22.6 Å². The van der Waals surface area contributed by atoms with Gasteiger partial charge < -0.3 is 9.88 Å². The highest BCUT2D eigenvalue weighted by Crippen LogP contribution is 2.30. The Hall–Kier alpha value is -3.38. The van der Waals surface area contributed by atoms with E-state index in [9.17, 15) is 14.4 Å². The molecule has 7 nitrogen and oxygen atoms in total. The molecule has 9 heteroatoms. The third-order valence-corrected chi connectivity index (χ3v) is 5.68. The van der Waals surface area contributed by atoms with Crippen molar-refractivity contribution >= 4 is 23.5 Å². The summed E-state index contributed by atoms with van der Waals surface area (Å²) < 4.78 is 17.0. The third-order valence-electron chi connectivity index (χ3n) is 4.71. The molecule has 0 atom stereocenters. The second-order valence-corrected chi connectivity index (χ2v) is 7.57. The number of anilines is 1. The minimum atomic E-state index is -0.360. The number of nitriles is 1. The van der Waals surface area contributed by atoms with Crippen LogP contribution in [-0.4, -0.2) is 31.0 Å². The average Bonchev–Trinajstić information content (AvgIpc) is 3.18. The molecule has 0 aliphatic rings. The molecule has 0 aliphatic heterocycles. The summed E-state index contributed by atoms with van der Waals surface area (Å²) in [5.41, 5.74) is 2.58. The highest BCUT2D eigenvalue weighted by molar-refractivity contribution is 7.99. The van der Waals surface area contributed by atoms with E-state index in [0.29, 0.717) is 28.8 Å². The predicted octanol–water partition coefficient (Wildman–Crippen LogP) is 3.92. The van der Waals surface area contributed by atoms with Crippen LogP contribution in [0.15, 0.2) is 42.1 Å². The Morgan fingerprint density at radius 2 is 2.00 bits per heavy atom. The topological polar surface area (TPSA) is 88.5 Å². The third kappa shape index (κ3) is 4.14. The second kappa shape index (κ2) is 8.97. The molecule has 0 unspecified atom stereocenters. The summed E-state index contributed by atoms with van der Waals surface area (Å²) in [6, 6.07) is 8.05. The van der Waals surface area contributed by atoms with Gasteiger partial charge in [0.25, 0.3) is 0 Å². The number of aryl methyl sites for hydroxylation is 1. The van der Waals surface area contributed by atoms with E-state index >= 15 is 0 Å². The molecular weight excluding hydrogens is 403 g/mol. The van der Waals surface area contributed by atoms with E-state index in [0.717, 1.165) is 17.1 Å². The molecule has 3 aromatic rings. The predicted molar refractivity (Wildman–Crippen MR) is 114 cm³/mol. The number of nitrogens with zero attached hydrogens (tertiary/aromatic N) is 5. The largest absolute Gasteiger partial charge is 0.310 e. The van der Waals surface area contributed by atoms with E-state index in [-0.39, 0.29) is 17.5 Å². The van der Waals surface area contributed by atoms with Crippen LogP contribution in [0.2, 0.25) is 0 Å². The number of hydrogen-bond donors (Lipinski definition) is 1. The van der Waals surface area contributed by atoms with Gasteiger partial charge in [0.05, 0.1) is 11.3 Å². The van der Waals surface area contributed by atoms with Crippen molar-refractivity contribution in [1.82, 2.24) is 19.3 Å². The molecule has 2 heterocycles. The number of thioether (sulfide) groups is 1. The molecule has 0 spiro atoms. The van der Waals surface area contributed by atoms with Crippen molar-refractivity contribution < 1.29 is 9.18 Å². The molecule has 1 N–H and O–H groups in total. The van der Waals surface area contributed by atoms with Crippen molar-refractivity contribution in [2.24, 2.45) is 0 Å². The number of amides is 1. The van der Waals surface area contributed by atoms with E-state index in [1.165, 1.54) is 23.9 Å². The highest BCUT2D eigenvalue weighted by Gasteiger charge is 2.21. The molecular formula is C21H21FN6OS. The van der Waals surface area contributed by atoms with Crippen LogP contribution in [0, 0.1) is 37.9 Å². The van der Waals surface area contributed by atoms with Crippen molar-refractivity contribution in [1.29, 1.82) is 5.26 Å². The number of benzene rings is 1. The van der Waals surface area contributed by atoms with Crippen LogP contribution in [-0.2, 0) is 11.3 Å². The molecule has 3 rings (SSSR count). The van der Waals surface area contributed by atoms with Crippen LogP contribution in [0.3, 0.4) is 0 Å². The van der Waals surface area contributed by atoms with Crippen LogP contribution in [0.5, 0.6) is 0 Å². The van der Waals surface area contributed by atoms with Gasteiger partial charge >= 0.3 is 0 Å². The minimum Gasteiger partial charge on any atom is -0.310 e. The maximum absolute atomic E-state index is 13.4. The number of halogens is 1. The zero-order chi connectivity index (χ0) is 21.8. The summed E-state index contributed by atoms with van der Waals surface area (Å²) in [5.74, 6) is 0.548. The summed E-state index contributed by atoms with van der Waals surface area (Å²) in [6.07, 6.45) is 1.74. The van der Waals surface area contributed by atoms with Gasteiger partial charge in [0.15, 0.2) is 5.16 Å². The average molecular weight is 425 g/mol. The van der Waals surface area contributed by atoms with E-state index in [2.05, 4.69) is 28.2 Å². The quantitative estimate of drug-likeness (QED) is 0.459. The maximum Gasteiger partial charge on any atom is 0.236 e. The normalized spacial score (nSPS) is 10.6. The lowest BCUT2D eigenvalue weighted by Gasteiger charge is -2.13. The van der Waals surface area contributed by atoms with Gasteiger partial charge in [-0.05, 0) is 50.6 Å². The fourth-order valence-corrected chi connectivity index (χ4v) is 3.87. The van der Waals surface area contributed by atoms with Gasteiger partial charge in [-0.3, -0.25) is 9.36 Å². The molecule has 0 aliphatic carbocycles. The molecule has 1 amide bonds. The van der Waals surface area contributed by atoms with E-state index in [4.69, 9.17) is 0 Å².